The van der Waals surface area contributed by atoms with Gasteiger partial charge in [-0.3, -0.25) is 0 Å². The van der Waals surface area contributed by atoms with Crippen LogP contribution in [-0.2, 0) is 0 Å². The van der Waals surface area contributed by atoms with Gasteiger partial charge in [0.1, 0.15) is 0 Å². The first kappa shape index (κ1) is 10.9. The molecular formula is C10H19F2N. The van der Waals surface area contributed by atoms with Crippen molar-refractivity contribution in [2.24, 2.45) is 11.3 Å². The predicted octanol–water partition coefficient (Wildman–Crippen LogP) is 2.67. The molecule has 1 N–H and O–H groups in total. The van der Waals surface area contributed by atoms with Crippen molar-refractivity contribution in [1.82, 2.24) is 5.32 Å². The molecule has 0 aliphatic heterocycles. The van der Waals surface area contributed by atoms with E-state index in [0.29, 0.717) is 6.42 Å². The van der Waals surface area contributed by atoms with Gasteiger partial charge in [-0.15, -0.1) is 0 Å². The molecule has 1 aliphatic rings. The van der Waals surface area contributed by atoms with Crippen molar-refractivity contribution in [3.05, 3.63) is 0 Å². The van der Waals surface area contributed by atoms with E-state index in [2.05, 4.69) is 5.32 Å². The van der Waals surface area contributed by atoms with E-state index in [1.54, 1.807) is 0 Å². The van der Waals surface area contributed by atoms with Gasteiger partial charge in [-0.25, -0.2) is 8.78 Å². The molecule has 0 bridgehead atoms. The van der Waals surface area contributed by atoms with Gasteiger partial charge in [0.15, 0.2) is 0 Å². The Morgan fingerprint density at radius 2 is 2.00 bits per heavy atom. The highest BCUT2D eigenvalue weighted by Gasteiger charge is 2.40. The fourth-order valence-corrected chi connectivity index (χ4v) is 2.18. The summed E-state index contributed by atoms with van der Waals surface area (Å²) in [6.07, 6.45) is 0.354. The average molecular weight is 191 g/mol. The maximum absolute atomic E-state index is 12.7. The minimum atomic E-state index is -2.17. The average Bonchev–Trinajstić information content (AvgIpc) is 2.03. The Hall–Kier alpha value is -0.180. The molecule has 78 valence electrons. The van der Waals surface area contributed by atoms with Crippen molar-refractivity contribution < 1.29 is 8.78 Å². The Bertz CT molecular complexity index is 168. The molecule has 0 radical (unpaired) electrons. The van der Waals surface area contributed by atoms with E-state index in [1.807, 2.05) is 20.9 Å². The highest BCUT2D eigenvalue weighted by atomic mass is 19.3. The lowest BCUT2D eigenvalue weighted by atomic mass is 9.67. The second kappa shape index (κ2) is 3.91. The van der Waals surface area contributed by atoms with Crippen molar-refractivity contribution in [2.45, 2.75) is 45.6 Å². The summed E-state index contributed by atoms with van der Waals surface area (Å²) >= 11 is 0. The van der Waals surface area contributed by atoms with E-state index < -0.39 is 12.3 Å². The largest absolute Gasteiger partial charge is 0.317 e. The minimum absolute atomic E-state index is 0.193. The number of nitrogens with one attached hydrogen (secondary N) is 1. The quantitative estimate of drug-likeness (QED) is 0.707. The third-order valence-corrected chi connectivity index (χ3v) is 3.39. The molecule has 0 spiro atoms. The van der Waals surface area contributed by atoms with Gasteiger partial charge in [-0.05, 0) is 31.7 Å². The molecule has 1 saturated carbocycles. The van der Waals surface area contributed by atoms with Gasteiger partial charge >= 0.3 is 0 Å². The van der Waals surface area contributed by atoms with E-state index in [-0.39, 0.29) is 11.5 Å². The topological polar surface area (TPSA) is 12.0 Å². The summed E-state index contributed by atoms with van der Waals surface area (Å²) < 4.78 is 25.4. The van der Waals surface area contributed by atoms with Crippen LogP contribution >= 0.6 is 0 Å². The number of alkyl halides is 2. The maximum atomic E-state index is 12.7. The molecule has 0 aromatic rings. The van der Waals surface area contributed by atoms with Gasteiger partial charge in [0, 0.05) is 12.0 Å². The lowest BCUT2D eigenvalue weighted by Crippen LogP contribution is -2.42. The van der Waals surface area contributed by atoms with E-state index in [0.717, 1.165) is 12.8 Å². The fourth-order valence-electron chi connectivity index (χ4n) is 2.18. The van der Waals surface area contributed by atoms with Crippen LogP contribution in [0.1, 0.15) is 33.1 Å². The Kier molecular flexibility index (Phi) is 3.28. The SMILES string of the molecule is CNC1CCC(C)(C)C(C(F)F)C1. The van der Waals surface area contributed by atoms with Crippen LogP contribution in [0.15, 0.2) is 0 Å². The van der Waals surface area contributed by atoms with E-state index in [9.17, 15) is 8.78 Å². The maximum Gasteiger partial charge on any atom is 0.242 e. The molecule has 1 rings (SSSR count). The monoisotopic (exact) mass is 191 g/mol. The summed E-state index contributed by atoms with van der Waals surface area (Å²) in [4.78, 5) is 0. The zero-order chi connectivity index (χ0) is 10.1. The molecule has 13 heavy (non-hydrogen) atoms. The van der Waals surface area contributed by atoms with Crippen molar-refractivity contribution in [3.8, 4) is 0 Å². The number of hydrogen-bond donors (Lipinski definition) is 1. The van der Waals surface area contributed by atoms with Crippen molar-refractivity contribution in [1.29, 1.82) is 0 Å². The van der Waals surface area contributed by atoms with E-state index >= 15 is 0 Å². The van der Waals surface area contributed by atoms with Crippen molar-refractivity contribution in [3.63, 3.8) is 0 Å². The molecule has 0 amide bonds. The summed E-state index contributed by atoms with van der Waals surface area (Å²) in [5, 5.41) is 3.09. The Balaban J connectivity index is 2.64. The fraction of sp³-hybridized carbons (Fsp3) is 1.00. The Labute approximate surface area is 78.9 Å². The molecule has 2 atom stereocenters. The third kappa shape index (κ3) is 2.39. The third-order valence-electron chi connectivity index (χ3n) is 3.39. The Morgan fingerprint density at radius 3 is 2.46 bits per heavy atom. The molecule has 1 nitrogen and oxygen atoms in total. The van der Waals surface area contributed by atoms with E-state index in [1.165, 1.54) is 0 Å². The number of rotatable bonds is 2. The first-order valence-corrected chi connectivity index (χ1v) is 4.93. The molecule has 0 aromatic heterocycles. The minimum Gasteiger partial charge on any atom is -0.317 e. The first-order valence-electron chi connectivity index (χ1n) is 4.93. The first-order chi connectivity index (χ1) is 5.97. The second-order valence-electron chi connectivity index (χ2n) is 4.69. The molecule has 0 heterocycles. The predicted molar refractivity (Wildman–Crippen MR) is 50.0 cm³/mol. The van der Waals surface area contributed by atoms with E-state index in [4.69, 9.17) is 0 Å². The molecule has 2 unspecified atom stereocenters. The van der Waals surface area contributed by atoms with Gasteiger partial charge in [0.2, 0.25) is 6.43 Å². The lowest BCUT2D eigenvalue weighted by molar-refractivity contribution is -0.0255. The molecule has 1 aliphatic carbocycles. The van der Waals surface area contributed by atoms with Gasteiger partial charge in [0.05, 0.1) is 0 Å². The summed E-state index contributed by atoms with van der Waals surface area (Å²) in [7, 11) is 1.85. The smallest absolute Gasteiger partial charge is 0.242 e. The van der Waals surface area contributed by atoms with Crippen LogP contribution in [0, 0.1) is 11.3 Å². The van der Waals surface area contributed by atoms with Gasteiger partial charge in [-0.1, -0.05) is 13.8 Å². The van der Waals surface area contributed by atoms with Crippen LogP contribution in [-0.4, -0.2) is 19.5 Å². The van der Waals surface area contributed by atoms with Crippen LogP contribution in [0.25, 0.3) is 0 Å². The summed E-state index contributed by atoms with van der Waals surface area (Å²) in [6.45, 7) is 3.91. The zero-order valence-corrected chi connectivity index (χ0v) is 8.61. The zero-order valence-electron chi connectivity index (χ0n) is 8.61. The van der Waals surface area contributed by atoms with Gasteiger partial charge < -0.3 is 5.32 Å². The summed E-state index contributed by atoms with van der Waals surface area (Å²) in [6, 6.07) is 0.284. The highest BCUT2D eigenvalue weighted by Crippen LogP contribution is 2.43. The van der Waals surface area contributed by atoms with Crippen molar-refractivity contribution >= 4 is 0 Å². The summed E-state index contributed by atoms with van der Waals surface area (Å²) in [5.41, 5.74) is -0.193. The molecule has 3 heteroatoms. The van der Waals surface area contributed by atoms with Crippen LogP contribution in [0.4, 0.5) is 8.78 Å². The van der Waals surface area contributed by atoms with Gasteiger partial charge in [-0.2, -0.15) is 0 Å². The Morgan fingerprint density at radius 1 is 1.38 bits per heavy atom. The van der Waals surface area contributed by atoms with Crippen LogP contribution in [0.2, 0.25) is 0 Å². The second-order valence-corrected chi connectivity index (χ2v) is 4.69. The van der Waals surface area contributed by atoms with Gasteiger partial charge in [0.25, 0.3) is 0 Å². The number of hydrogen-bond acceptors (Lipinski definition) is 1. The standard InChI is InChI=1S/C10H19F2N/c1-10(2)5-4-7(13-3)6-8(10)9(11)12/h7-9,13H,4-6H2,1-3H3. The lowest BCUT2D eigenvalue weighted by Gasteiger charge is -2.41. The number of halogens is 2. The van der Waals surface area contributed by atoms with Crippen molar-refractivity contribution in [2.75, 3.05) is 7.05 Å². The van der Waals surface area contributed by atoms with Crippen LogP contribution in [0.3, 0.4) is 0 Å². The molecular weight excluding hydrogens is 172 g/mol. The highest BCUT2D eigenvalue weighted by molar-refractivity contribution is 4.89. The molecule has 0 saturated heterocycles. The summed E-state index contributed by atoms with van der Waals surface area (Å²) in [5.74, 6) is -0.446. The normalized spacial score (nSPS) is 33.7. The molecule has 0 aromatic carbocycles. The van der Waals surface area contributed by atoms with Crippen LogP contribution < -0.4 is 5.32 Å². The molecule has 1 fully saturated rings. The van der Waals surface area contributed by atoms with Crippen LogP contribution in [0.5, 0.6) is 0 Å².